The van der Waals surface area contributed by atoms with Crippen LogP contribution in [0.4, 0.5) is 0 Å². The highest BCUT2D eigenvalue weighted by molar-refractivity contribution is 4.85. The summed E-state index contributed by atoms with van der Waals surface area (Å²) in [4.78, 5) is 0. The molecule has 1 rings (SSSR count). The summed E-state index contributed by atoms with van der Waals surface area (Å²) in [5.41, 5.74) is 0. The molecule has 7 heavy (non-hydrogen) atoms. The van der Waals surface area contributed by atoms with Gasteiger partial charge in [-0.05, 0) is 0 Å². The summed E-state index contributed by atoms with van der Waals surface area (Å²) in [6.07, 6.45) is 3.43. The minimum absolute atomic E-state index is 0.494. The van der Waals surface area contributed by atoms with E-state index in [-0.39, 0.29) is 0 Å². The molecule has 0 bridgehead atoms. The molecular formula is C5H7O2. The lowest BCUT2D eigenvalue weighted by Gasteiger charge is -2.08. The molecule has 0 aromatic heterocycles. The normalized spacial score (nSPS) is 30.7. The van der Waals surface area contributed by atoms with Crippen LogP contribution in [0.2, 0.25) is 0 Å². The summed E-state index contributed by atoms with van der Waals surface area (Å²) < 4.78 is 4.64. The van der Waals surface area contributed by atoms with E-state index in [4.69, 9.17) is 0 Å². The number of rotatable bonds is 0. The van der Waals surface area contributed by atoms with E-state index in [0.29, 0.717) is 13.0 Å². The fourth-order valence-corrected chi connectivity index (χ4v) is 0.506. The van der Waals surface area contributed by atoms with Crippen LogP contribution in [-0.4, -0.2) is 12.9 Å². The van der Waals surface area contributed by atoms with E-state index in [1.54, 1.807) is 0 Å². The predicted molar refractivity (Wildman–Crippen MR) is 24.2 cm³/mol. The molecule has 1 atom stereocenters. The fourth-order valence-electron chi connectivity index (χ4n) is 0.506. The van der Waals surface area contributed by atoms with E-state index in [2.05, 4.69) is 4.74 Å². The maximum atomic E-state index is 10.3. The van der Waals surface area contributed by atoms with Crippen LogP contribution in [0.25, 0.3) is 0 Å². The first-order chi connectivity index (χ1) is 3.39. The van der Waals surface area contributed by atoms with Gasteiger partial charge in [0.25, 0.3) is 0 Å². The maximum Gasteiger partial charge on any atom is 0.195 e. The molecule has 0 saturated carbocycles. The number of hydrogen-bond donors (Lipinski definition) is 0. The summed E-state index contributed by atoms with van der Waals surface area (Å²) in [6.45, 7) is 0.494. The van der Waals surface area contributed by atoms with Crippen molar-refractivity contribution in [2.45, 2.75) is 12.7 Å². The smallest absolute Gasteiger partial charge is 0.195 e. The van der Waals surface area contributed by atoms with E-state index >= 15 is 0 Å². The molecule has 1 aliphatic rings. The number of ether oxygens (including phenoxy) is 1. The highest BCUT2D eigenvalue weighted by Crippen LogP contribution is 2.01. The van der Waals surface area contributed by atoms with Gasteiger partial charge in [0.2, 0.25) is 0 Å². The van der Waals surface area contributed by atoms with Gasteiger partial charge in [0.1, 0.15) is 0 Å². The zero-order valence-corrected chi connectivity index (χ0v) is 3.96. The fraction of sp³-hybridized carbons (Fsp3) is 0.600. The Balaban J connectivity index is 2.32. The Kier molecular flexibility index (Phi) is 1.44. The van der Waals surface area contributed by atoms with Crippen LogP contribution < -0.4 is 0 Å². The third-order valence-electron chi connectivity index (χ3n) is 0.874. The van der Waals surface area contributed by atoms with Gasteiger partial charge in [0.15, 0.2) is 6.29 Å². The summed E-state index contributed by atoms with van der Waals surface area (Å²) >= 11 is 0. The molecule has 1 aliphatic heterocycles. The van der Waals surface area contributed by atoms with Gasteiger partial charge in [-0.25, -0.2) is 5.11 Å². The highest BCUT2D eigenvalue weighted by Gasteiger charge is 2.04. The van der Waals surface area contributed by atoms with Gasteiger partial charge in [-0.15, -0.1) is 0 Å². The van der Waals surface area contributed by atoms with Crippen LogP contribution >= 0.6 is 0 Å². The van der Waals surface area contributed by atoms with Crippen LogP contribution in [0.5, 0.6) is 0 Å². The summed E-state index contributed by atoms with van der Waals surface area (Å²) in [7, 11) is 0. The van der Waals surface area contributed by atoms with Gasteiger partial charge in [-0.1, -0.05) is 12.2 Å². The second kappa shape index (κ2) is 2.09. The lowest BCUT2D eigenvalue weighted by atomic mass is 10.3. The molecule has 0 amide bonds. The van der Waals surface area contributed by atoms with Crippen LogP contribution in [0.1, 0.15) is 6.42 Å². The lowest BCUT2D eigenvalue weighted by molar-refractivity contribution is -0.133. The van der Waals surface area contributed by atoms with Crippen molar-refractivity contribution in [2.75, 3.05) is 6.61 Å². The first-order valence-electron chi connectivity index (χ1n) is 2.32. The monoisotopic (exact) mass is 99.0 g/mol. The predicted octanol–water partition coefficient (Wildman–Crippen LogP) is 0.720. The van der Waals surface area contributed by atoms with E-state index < -0.39 is 6.29 Å². The molecule has 0 aliphatic carbocycles. The third kappa shape index (κ3) is 1.29. The van der Waals surface area contributed by atoms with Crippen molar-refractivity contribution in [1.29, 1.82) is 0 Å². The topological polar surface area (TPSA) is 29.1 Å². The summed E-state index contributed by atoms with van der Waals surface area (Å²) in [6, 6.07) is 0. The molecule has 0 saturated heterocycles. The minimum Gasteiger partial charge on any atom is -0.345 e. The molecule has 0 N–H and O–H groups in total. The van der Waals surface area contributed by atoms with Gasteiger partial charge in [-0.3, -0.25) is 0 Å². The summed E-state index contributed by atoms with van der Waals surface area (Å²) in [5, 5.41) is 10.3. The van der Waals surface area contributed by atoms with Crippen LogP contribution in [0, 0.1) is 0 Å². The van der Waals surface area contributed by atoms with Gasteiger partial charge < -0.3 is 4.74 Å². The Morgan fingerprint density at radius 3 is 2.71 bits per heavy atom. The van der Waals surface area contributed by atoms with Crippen molar-refractivity contribution in [2.24, 2.45) is 0 Å². The molecule has 0 spiro atoms. The Morgan fingerprint density at radius 1 is 1.57 bits per heavy atom. The highest BCUT2D eigenvalue weighted by atomic mass is 16.6. The Labute approximate surface area is 42.4 Å². The van der Waals surface area contributed by atoms with Gasteiger partial charge in [0, 0.05) is 6.42 Å². The quantitative estimate of drug-likeness (QED) is 0.411. The van der Waals surface area contributed by atoms with Crippen molar-refractivity contribution in [3.05, 3.63) is 12.2 Å². The second-order valence-electron chi connectivity index (χ2n) is 1.47. The largest absolute Gasteiger partial charge is 0.345 e. The molecule has 2 nitrogen and oxygen atoms in total. The third-order valence-corrected chi connectivity index (χ3v) is 0.874. The molecule has 39 valence electrons. The molecular weight excluding hydrogens is 92.1 g/mol. The Morgan fingerprint density at radius 2 is 2.43 bits per heavy atom. The van der Waals surface area contributed by atoms with Gasteiger partial charge in [-0.2, -0.15) is 0 Å². The standard InChI is InChI=1S/C5H7O2/c6-5-3-1-2-4-7-5/h1-2,5H,3-4H2. The van der Waals surface area contributed by atoms with Crippen molar-refractivity contribution in [1.82, 2.24) is 0 Å². The van der Waals surface area contributed by atoms with Crippen molar-refractivity contribution < 1.29 is 9.84 Å². The Bertz CT molecular complexity index is 78.1. The average Bonchev–Trinajstić information content (AvgIpc) is 1.69. The van der Waals surface area contributed by atoms with Crippen LogP contribution in [-0.2, 0) is 9.84 Å². The van der Waals surface area contributed by atoms with Gasteiger partial charge in [0.05, 0.1) is 6.61 Å². The molecule has 2 heteroatoms. The molecule has 0 aromatic rings. The maximum absolute atomic E-state index is 10.3. The van der Waals surface area contributed by atoms with Gasteiger partial charge >= 0.3 is 0 Å². The minimum atomic E-state index is -0.801. The zero-order chi connectivity index (χ0) is 5.11. The molecule has 1 unspecified atom stereocenters. The zero-order valence-electron chi connectivity index (χ0n) is 3.96. The van der Waals surface area contributed by atoms with Crippen molar-refractivity contribution in [3.63, 3.8) is 0 Å². The number of hydrogen-bond acceptors (Lipinski definition) is 1. The van der Waals surface area contributed by atoms with E-state index in [1.165, 1.54) is 0 Å². The first kappa shape index (κ1) is 4.81. The lowest BCUT2D eigenvalue weighted by Crippen LogP contribution is -2.11. The van der Waals surface area contributed by atoms with Crippen LogP contribution in [0.3, 0.4) is 0 Å². The SMILES string of the molecule is [O]C1CC=CCO1. The molecule has 1 radical (unpaired) electrons. The molecule has 0 aromatic carbocycles. The van der Waals surface area contributed by atoms with E-state index in [9.17, 15) is 5.11 Å². The summed E-state index contributed by atoms with van der Waals surface area (Å²) in [5.74, 6) is 0. The van der Waals surface area contributed by atoms with E-state index in [1.807, 2.05) is 12.2 Å². The molecule has 1 heterocycles. The van der Waals surface area contributed by atoms with Crippen LogP contribution in [0.15, 0.2) is 12.2 Å². The Hall–Kier alpha value is -0.340. The van der Waals surface area contributed by atoms with Crippen molar-refractivity contribution in [3.8, 4) is 0 Å². The average molecular weight is 99.1 g/mol. The molecule has 0 fully saturated rings. The van der Waals surface area contributed by atoms with E-state index in [0.717, 1.165) is 0 Å². The second-order valence-corrected chi connectivity index (χ2v) is 1.47. The van der Waals surface area contributed by atoms with Crippen molar-refractivity contribution >= 4 is 0 Å². The first-order valence-corrected chi connectivity index (χ1v) is 2.32.